The second-order valence-corrected chi connectivity index (χ2v) is 11.8. The van der Waals surface area contributed by atoms with E-state index < -0.39 is 10.0 Å². The molecule has 8 heteroatoms. The van der Waals surface area contributed by atoms with Gasteiger partial charge in [-0.2, -0.15) is 4.31 Å². The number of nitrogens with zero attached hydrogens (tertiary/aromatic N) is 3. The fourth-order valence-electron chi connectivity index (χ4n) is 3.96. The van der Waals surface area contributed by atoms with Gasteiger partial charge >= 0.3 is 0 Å². The highest BCUT2D eigenvalue weighted by Crippen LogP contribution is 2.25. The van der Waals surface area contributed by atoms with Crippen LogP contribution < -0.4 is 0 Å². The molecule has 1 amide bonds. The number of para-hydroxylation sites is 1. The van der Waals surface area contributed by atoms with Crippen molar-refractivity contribution in [3.8, 4) is 0 Å². The first-order chi connectivity index (χ1) is 16.8. The largest absolute Gasteiger partial charge is 0.332 e. The molecule has 0 fully saturated rings. The summed E-state index contributed by atoms with van der Waals surface area (Å²) in [6.45, 7) is 4.72. The summed E-state index contributed by atoms with van der Waals surface area (Å²) in [7, 11) is -3.96. The number of benzene rings is 2. The Morgan fingerprint density at radius 2 is 1.71 bits per heavy atom. The van der Waals surface area contributed by atoms with Crippen LogP contribution in [0.1, 0.15) is 24.3 Å². The summed E-state index contributed by atoms with van der Waals surface area (Å²) in [5, 5.41) is 2.72. The number of thiophene rings is 1. The molecule has 0 aliphatic carbocycles. The summed E-state index contributed by atoms with van der Waals surface area (Å²) in [5.41, 5.74) is 1.41. The fourth-order valence-corrected chi connectivity index (χ4v) is 6.39. The first-order valence-corrected chi connectivity index (χ1v) is 13.8. The molecule has 2 aromatic heterocycles. The van der Waals surface area contributed by atoms with E-state index in [0.29, 0.717) is 18.6 Å². The van der Waals surface area contributed by atoms with Crippen LogP contribution >= 0.6 is 11.3 Å². The van der Waals surface area contributed by atoms with Crippen LogP contribution in [0.15, 0.2) is 89.3 Å². The third kappa shape index (κ3) is 6.14. The van der Waals surface area contributed by atoms with Crippen molar-refractivity contribution in [2.24, 2.45) is 5.92 Å². The topological polar surface area (TPSA) is 70.6 Å². The van der Waals surface area contributed by atoms with Gasteiger partial charge < -0.3 is 4.90 Å². The van der Waals surface area contributed by atoms with Crippen molar-refractivity contribution in [1.29, 1.82) is 0 Å². The second-order valence-electron chi connectivity index (χ2n) is 8.84. The Labute approximate surface area is 210 Å². The second kappa shape index (κ2) is 11.1. The number of aromatic nitrogens is 1. The predicted octanol–water partition coefficient (Wildman–Crippen LogP) is 5.17. The summed E-state index contributed by atoms with van der Waals surface area (Å²) < 4.78 is 29.0. The highest BCUT2D eigenvalue weighted by molar-refractivity contribution is 7.89. The first kappa shape index (κ1) is 25.0. The lowest BCUT2D eigenvalue weighted by molar-refractivity contribution is -0.132. The number of fused-ring (bicyclic) bond motifs is 1. The van der Waals surface area contributed by atoms with Gasteiger partial charge in [0.1, 0.15) is 4.90 Å². The Bertz CT molecular complexity index is 1370. The molecule has 0 spiro atoms. The maximum absolute atomic E-state index is 13.8. The minimum absolute atomic E-state index is 0.0420. The van der Waals surface area contributed by atoms with E-state index in [9.17, 15) is 13.2 Å². The molecule has 182 valence electrons. The van der Waals surface area contributed by atoms with Crippen LogP contribution in [0.3, 0.4) is 0 Å². The Balaban J connectivity index is 1.65. The minimum atomic E-state index is -3.96. The molecule has 0 saturated carbocycles. The van der Waals surface area contributed by atoms with E-state index in [1.54, 1.807) is 40.6 Å². The van der Waals surface area contributed by atoms with Crippen LogP contribution in [0.25, 0.3) is 10.9 Å². The molecule has 4 rings (SSSR count). The lowest BCUT2D eigenvalue weighted by Gasteiger charge is -2.28. The summed E-state index contributed by atoms with van der Waals surface area (Å²) in [6, 6.07) is 22.4. The third-order valence-corrected chi connectivity index (χ3v) is 8.29. The molecule has 0 N–H and O–H groups in total. The fraction of sp³-hybridized carbons (Fsp3) is 0.259. The smallest absolute Gasteiger partial charge is 0.245 e. The average molecular weight is 508 g/mol. The van der Waals surface area contributed by atoms with Crippen molar-refractivity contribution < 1.29 is 13.2 Å². The van der Waals surface area contributed by atoms with Gasteiger partial charge in [-0.05, 0) is 35.1 Å². The van der Waals surface area contributed by atoms with E-state index in [4.69, 9.17) is 0 Å². The Kier molecular flexibility index (Phi) is 7.95. The standard InChI is InChI=1S/C27H29N3O3S2/c1-21(2)17-30(35(32,33)25-14-6-11-23-12-7-15-28-27(23)25)20-26(31)29(19-24-13-8-16-34-24)18-22-9-4-3-5-10-22/h3-16,21H,17-20H2,1-2H3. The molecule has 2 heterocycles. The number of pyridine rings is 1. The van der Waals surface area contributed by atoms with Gasteiger partial charge in [-0.3, -0.25) is 9.78 Å². The lowest BCUT2D eigenvalue weighted by atomic mass is 10.2. The molecule has 0 bridgehead atoms. The highest BCUT2D eigenvalue weighted by atomic mass is 32.2. The van der Waals surface area contributed by atoms with E-state index in [2.05, 4.69) is 4.98 Å². The average Bonchev–Trinajstić information content (AvgIpc) is 3.36. The zero-order valence-corrected chi connectivity index (χ0v) is 21.5. The number of rotatable bonds is 10. The van der Waals surface area contributed by atoms with Gasteiger partial charge in [0.15, 0.2) is 0 Å². The van der Waals surface area contributed by atoms with Crippen molar-refractivity contribution in [1.82, 2.24) is 14.2 Å². The summed E-state index contributed by atoms with van der Waals surface area (Å²) in [5.74, 6) is -0.194. The van der Waals surface area contributed by atoms with Gasteiger partial charge in [0.05, 0.1) is 18.6 Å². The van der Waals surface area contributed by atoms with Crippen molar-refractivity contribution in [2.75, 3.05) is 13.1 Å². The van der Waals surface area contributed by atoms with Gasteiger partial charge in [0.2, 0.25) is 15.9 Å². The quantitative estimate of drug-likeness (QED) is 0.297. The number of amides is 1. The van der Waals surface area contributed by atoms with Crippen LogP contribution in [0, 0.1) is 5.92 Å². The molecule has 0 aliphatic heterocycles. The molecular weight excluding hydrogens is 478 g/mol. The van der Waals surface area contributed by atoms with Crippen LogP contribution in [-0.4, -0.2) is 41.6 Å². The predicted molar refractivity (Wildman–Crippen MR) is 140 cm³/mol. The molecule has 6 nitrogen and oxygen atoms in total. The van der Waals surface area contributed by atoms with Gasteiger partial charge in [-0.15, -0.1) is 11.3 Å². The number of hydrogen-bond acceptors (Lipinski definition) is 5. The first-order valence-electron chi connectivity index (χ1n) is 11.5. The maximum atomic E-state index is 13.8. The summed E-state index contributed by atoms with van der Waals surface area (Å²) >= 11 is 1.58. The van der Waals surface area contributed by atoms with Crippen molar-refractivity contribution in [2.45, 2.75) is 31.8 Å². The maximum Gasteiger partial charge on any atom is 0.245 e. The highest BCUT2D eigenvalue weighted by Gasteiger charge is 2.31. The van der Waals surface area contributed by atoms with Crippen molar-refractivity contribution in [3.63, 3.8) is 0 Å². The van der Waals surface area contributed by atoms with E-state index in [0.717, 1.165) is 15.8 Å². The van der Waals surface area contributed by atoms with Gasteiger partial charge in [0.25, 0.3) is 0 Å². The number of carbonyl (C=O) groups is 1. The molecule has 0 saturated heterocycles. The van der Waals surface area contributed by atoms with E-state index >= 15 is 0 Å². The van der Waals surface area contributed by atoms with E-state index in [-0.39, 0.29) is 29.8 Å². The molecule has 35 heavy (non-hydrogen) atoms. The van der Waals surface area contributed by atoms with Gasteiger partial charge in [0, 0.05) is 29.5 Å². The molecule has 2 aromatic carbocycles. The summed E-state index contributed by atoms with van der Waals surface area (Å²) in [6.07, 6.45) is 1.59. The van der Waals surface area contributed by atoms with Crippen LogP contribution in [0.2, 0.25) is 0 Å². The Morgan fingerprint density at radius 3 is 2.43 bits per heavy atom. The van der Waals surface area contributed by atoms with Crippen LogP contribution in [0.4, 0.5) is 0 Å². The van der Waals surface area contributed by atoms with Crippen molar-refractivity contribution >= 4 is 38.2 Å². The Morgan fingerprint density at radius 1 is 0.943 bits per heavy atom. The SMILES string of the molecule is CC(C)CN(CC(=O)N(Cc1ccccc1)Cc1cccs1)S(=O)(=O)c1cccc2cccnc12. The zero-order valence-electron chi connectivity index (χ0n) is 19.9. The molecule has 0 radical (unpaired) electrons. The van der Waals surface area contributed by atoms with Gasteiger partial charge in [-0.25, -0.2) is 8.42 Å². The van der Waals surface area contributed by atoms with E-state index in [1.165, 1.54) is 4.31 Å². The Hall–Kier alpha value is -3.07. The third-order valence-electron chi connectivity index (χ3n) is 5.59. The number of sulfonamides is 1. The van der Waals surface area contributed by atoms with E-state index in [1.807, 2.05) is 73.8 Å². The monoisotopic (exact) mass is 507 g/mol. The molecule has 0 atom stereocenters. The zero-order chi connectivity index (χ0) is 24.8. The van der Waals surface area contributed by atoms with Crippen LogP contribution in [0.5, 0.6) is 0 Å². The number of hydrogen-bond donors (Lipinski definition) is 0. The van der Waals surface area contributed by atoms with Gasteiger partial charge in [-0.1, -0.05) is 68.4 Å². The molecule has 0 unspecified atom stereocenters. The summed E-state index contributed by atoms with van der Waals surface area (Å²) in [4.78, 5) is 20.8. The van der Waals surface area contributed by atoms with Crippen molar-refractivity contribution in [3.05, 3.63) is 94.8 Å². The lowest BCUT2D eigenvalue weighted by Crippen LogP contribution is -2.43. The minimum Gasteiger partial charge on any atom is -0.332 e. The molecule has 0 aliphatic rings. The van der Waals surface area contributed by atoms with Crippen LogP contribution in [-0.2, 0) is 27.9 Å². The molecule has 4 aromatic rings. The number of carbonyl (C=O) groups excluding carboxylic acids is 1. The molecular formula is C27H29N3O3S2. The normalized spacial score (nSPS) is 11.9.